The highest BCUT2D eigenvalue weighted by Crippen LogP contribution is 2.28. The zero-order valence-electron chi connectivity index (χ0n) is 17.3. The molecule has 1 fully saturated rings. The number of aryl methyl sites for hydroxylation is 1. The van der Waals surface area contributed by atoms with Crippen LogP contribution in [0.5, 0.6) is 11.6 Å². The van der Waals surface area contributed by atoms with Crippen molar-refractivity contribution in [2.75, 3.05) is 13.1 Å². The van der Waals surface area contributed by atoms with Gasteiger partial charge in [-0.05, 0) is 56.2 Å². The first-order valence-electron chi connectivity index (χ1n) is 10.3. The van der Waals surface area contributed by atoms with Crippen molar-refractivity contribution >= 4 is 27.6 Å². The summed E-state index contributed by atoms with van der Waals surface area (Å²) in [5.41, 5.74) is 2.30. The Labute approximate surface area is 190 Å². The highest BCUT2D eigenvalue weighted by Gasteiger charge is 2.29. The molecule has 0 bridgehead atoms. The summed E-state index contributed by atoms with van der Waals surface area (Å²) in [4.78, 5) is 32.0. The third-order valence-electron chi connectivity index (χ3n) is 5.52. The maximum absolute atomic E-state index is 13.2. The average Bonchev–Trinajstić information content (AvgIpc) is 2.81. The number of Topliss-reactive ketones (excluding diaryl/α,β-unsaturated/α-hetero) is 1. The SMILES string of the molecule is Cc1ccc(C(=O)C2CCN(C(=O)c3cccnc3Oc3ccc(Br)cc3)CC2)cc1. The van der Waals surface area contributed by atoms with Crippen molar-refractivity contribution in [2.24, 2.45) is 5.92 Å². The summed E-state index contributed by atoms with van der Waals surface area (Å²) in [5.74, 6) is 0.874. The lowest BCUT2D eigenvalue weighted by molar-refractivity contribution is 0.0647. The van der Waals surface area contributed by atoms with Crippen molar-refractivity contribution in [1.82, 2.24) is 9.88 Å². The molecule has 0 unspecified atom stereocenters. The number of nitrogens with zero attached hydrogens (tertiary/aromatic N) is 2. The molecule has 4 rings (SSSR count). The number of carbonyl (C=O) groups is 2. The maximum atomic E-state index is 13.2. The monoisotopic (exact) mass is 478 g/mol. The smallest absolute Gasteiger partial charge is 0.259 e. The predicted octanol–water partition coefficient (Wildman–Crippen LogP) is 5.68. The molecule has 0 spiro atoms. The van der Waals surface area contributed by atoms with Crippen LogP contribution in [0.1, 0.15) is 39.1 Å². The van der Waals surface area contributed by atoms with Gasteiger partial charge in [-0.3, -0.25) is 9.59 Å². The first-order chi connectivity index (χ1) is 15.0. The molecule has 1 amide bonds. The Morgan fingerprint density at radius 1 is 1.00 bits per heavy atom. The van der Waals surface area contributed by atoms with E-state index in [1.165, 1.54) is 0 Å². The topological polar surface area (TPSA) is 59.5 Å². The first kappa shape index (κ1) is 21.2. The Balaban J connectivity index is 1.42. The third-order valence-corrected chi connectivity index (χ3v) is 6.05. The predicted molar refractivity (Wildman–Crippen MR) is 123 cm³/mol. The molecule has 2 aromatic carbocycles. The summed E-state index contributed by atoms with van der Waals surface area (Å²) in [6, 6.07) is 18.5. The highest BCUT2D eigenvalue weighted by molar-refractivity contribution is 9.10. The molecule has 1 aliphatic rings. The van der Waals surface area contributed by atoms with E-state index in [1.807, 2.05) is 55.5 Å². The van der Waals surface area contributed by atoms with E-state index >= 15 is 0 Å². The van der Waals surface area contributed by atoms with Crippen LogP contribution in [0.2, 0.25) is 0 Å². The maximum Gasteiger partial charge on any atom is 0.259 e. The fourth-order valence-corrected chi connectivity index (χ4v) is 3.98. The number of aromatic nitrogens is 1. The van der Waals surface area contributed by atoms with Crippen LogP contribution in [0.15, 0.2) is 71.3 Å². The van der Waals surface area contributed by atoms with Crippen LogP contribution in [-0.4, -0.2) is 34.7 Å². The fraction of sp³-hybridized carbons (Fsp3) is 0.240. The van der Waals surface area contributed by atoms with Gasteiger partial charge in [0.2, 0.25) is 5.88 Å². The number of amides is 1. The molecule has 1 saturated heterocycles. The quantitative estimate of drug-likeness (QED) is 0.442. The molecular formula is C25H23BrN2O3. The molecule has 0 N–H and O–H groups in total. The van der Waals surface area contributed by atoms with Crippen molar-refractivity contribution in [3.63, 3.8) is 0 Å². The molecule has 0 radical (unpaired) electrons. The van der Waals surface area contributed by atoms with Gasteiger partial charge in [0.25, 0.3) is 5.91 Å². The molecule has 6 heteroatoms. The summed E-state index contributed by atoms with van der Waals surface area (Å²) in [7, 11) is 0. The van der Waals surface area contributed by atoms with Gasteiger partial charge in [0, 0.05) is 35.2 Å². The minimum absolute atomic E-state index is 0.0564. The molecule has 31 heavy (non-hydrogen) atoms. The third kappa shape index (κ3) is 5.02. The van der Waals surface area contributed by atoms with Crippen molar-refractivity contribution in [2.45, 2.75) is 19.8 Å². The molecule has 1 aromatic heterocycles. The number of rotatable bonds is 5. The van der Waals surface area contributed by atoms with Crippen LogP contribution in [0, 0.1) is 12.8 Å². The molecule has 3 aromatic rings. The van der Waals surface area contributed by atoms with E-state index in [1.54, 1.807) is 23.2 Å². The van der Waals surface area contributed by atoms with Crippen molar-refractivity contribution in [1.29, 1.82) is 0 Å². The Morgan fingerprint density at radius 3 is 2.35 bits per heavy atom. The van der Waals surface area contributed by atoms with Gasteiger partial charge in [0.05, 0.1) is 0 Å². The molecule has 0 saturated carbocycles. The van der Waals surface area contributed by atoms with E-state index in [-0.39, 0.29) is 23.5 Å². The summed E-state index contributed by atoms with van der Waals surface area (Å²) in [6.07, 6.45) is 2.92. The zero-order valence-corrected chi connectivity index (χ0v) is 18.8. The van der Waals surface area contributed by atoms with Gasteiger partial charge in [-0.2, -0.15) is 0 Å². The van der Waals surface area contributed by atoms with Crippen molar-refractivity contribution in [3.05, 3.63) is 88.0 Å². The number of ketones is 1. The second-order valence-electron chi connectivity index (χ2n) is 7.71. The molecule has 0 aliphatic carbocycles. The number of likely N-dealkylation sites (tertiary alicyclic amines) is 1. The van der Waals surface area contributed by atoms with Gasteiger partial charge in [0.15, 0.2) is 5.78 Å². The number of pyridine rings is 1. The average molecular weight is 479 g/mol. The fourth-order valence-electron chi connectivity index (χ4n) is 3.72. The van der Waals surface area contributed by atoms with Crippen LogP contribution >= 0.6 is 15.9 Å². The van der Waals surface area contributed by atoms with E-state index < -0.39 is 0 Å². The summed E-state index contributed by atoms with van der Waals surface area (Å²) >= 11 is 3.40. The van der Waals surface area contributed by atoms with Gasteiger partial charge in [-0.1, -0.05) is 45.8 Å². The Bertz CT molecular complexity index is 1070. The van der Waals surface area contributed by atoms with Crippen LogP contribution < -0.4 is 4.74 Å². The van der Waals surface area contributed by atoms with E-state index in [0.717, 1.165) is 15.6 Å². The molecule has 2 heterocycles. The van der Waals surface area contributed by atoms with E-state index in [0.29, 0.717) is 37.2 Å². The number of hydrogen-bond donors (Lipinski definition) is 0. The van der Waals surface area contributed by atoms with Crippen LogP contribution in [0.25, 0.3) is 0 Å². The number of halogens is 1. The van der Waals surface area contributed by atoms with E-state index in [4.69, 9.17) is 4.74 Å². The van der Waals surface area contributed by atoms with Crippen molar-refractivity contribution < 1.29 is 14.3 Å². The molecule has 5 nitrogen and oxygen atoms in total. The first-order valence-corrected chi connectivity index (χ1v) is 11.1. The summed E-state index contributed by atoms with van der Waals surface area (Å²) in [6.45, 7) is 3.08. The van der Waals surface area contributed by atoms with Gasteiger partial charge in [-0.25, -0.2) is 4.98 Å². The van der Waals surface area contributed by atoms with Crippen molar-refractivity contribution in [3.8, 4) is 11.6 Å². The Hall–Kier alpha value is -2.99. The minimum atomic E-state index is -0.124. The molecule has 1 aliphatic heterocycles. The lowest BCUT2D eigenvalue weighted by Gasteiger charge is -2.31. The number of ether oxygens (including phenoxy) is 1. The highest BCUT2D eigenvalue weighted by atomic mass is 79.9. The second kappa shape index (κ2) is 9.43. The van der Waals surface area contributed by atoms with Gasteiger partial charge in [-0.15, -0.1) is 0 Å². The normalized spacial score (nSPS) is 14.3. The van der Waals surface area contributed by atoms with Crippen LogP contribution in [0.4, 0.5) is 0 Å². The van der Waals surface area contributed by atoms with Gasteiger partial charge in [0.1, 0.15) is 11.3 Å². The lowest BCUT2D eigenvalue weighted by Crippen LogP contribution is -2.40. The van der Waals surface area contributed by atoms with Gasteiger partial charge >= 0.3 is 0 Å². The van der Waals surface area contributed by atoms with Crippen LogP contribution in [0.3, 0.4) is 0 Å². The molecule has 158 valence electrons. The second-order valence-corrected chi connectivity index (χ2v) is 8.62. The van der Waals surface area contributed by atoms with E-state index in [9.17, 15) is 9.59 Å². The number of piperidine rings is 1. The Morgan fingerprint density at radius 2 is 1.68 bits per heavy atom. The summed E-state index contributed by atoms with van der Waals surface area (Å²) < 4.78 is 6.81. The lowest BCUT2D eigenvalue weighted by atomic mass is 9.88. The number of hydrogen-bond acceptors (Lipinski definition) is 4. The molecule has 0 atom stereocenters. The van der Waals surface area contributed by atoms with E-state index in [2.05, 4.69) is 20.9 Å². The Kier molecular flexibility index (Phi) is 6.47. The number of benzene rings is 2. The number of carbonyl (C=O) groups excluding carboxylic acids is 2. The minimum Gasteiger partial charge on any atom is -0.438 e. The van der Waals surface area contributed by atoms with Gasteiger partial charge < -0.3 is 9.64 Å². The largest absolute Gasteiger partial charge is 0.438 e. The summed E-state index contributed by atoms with van der Waals surface area (Å²) in [5, 5.41) is 0. The standard InChI is InChI=1S/C25H23BrN2O3/c1-17-4-6-18(7-5-17)23(29)19-12-15-28(16-13-19)25(30)22-3-2-14-27-24(22)31-21-10-8-20(26)9-11-21/h2-11,14,19H,12-13,15-16H2,1H3. The zero-order chi connectivity index (χ0) is 21.8. The van der Waals surface area contributed by atoms with Crippen LogP contribution in [-0.2, 0) is 0 Å². The molecular weight excluding hydrogens is 456 g/mol.